The molecule has 90 valence electrons. The van der Waals surface area contributed by atoms with Gasteiger partial charge in [0.05, 0.1) is 0 Å². The first kappa shape index (κ1) is 14.7. The fraction of sp³-hybridized carbons (Fsp3) is 0.867. The molecule has 0 spiro atoms. The monoisotopic (exact) mass is 210 g/mol. The first-order valence-corrected chi connectivity index (χ1v) is 7.03. The van der Waals surface area contributed by atoms with Crippen LogP contribution in [-0.2, 0) is 0 Å². The molecule has 0 saturated heterocycles. The van der Waals surface area contributed by atoms with Crippen LogP contribution in [0.4, 0.5) is 0 Å². The first-order valence-electron chi connectivity index (χ1n) is 7.03. The molecule has 0 heteroatoms. The van der Waals surface area contributed by atoms with Gasteiger partial charge >= 0.3 is 0 Å². The molecule has 0 heterocycles. The van der Waals surface area contributed by atoms with E-state index in [4.69, 9.17) is 0 Å². The highest BCUT2D eigenvalue weighted by Crippen LogP contribution is 2.13. The van der Waals surface area contributed by atoms with Crippen LogP contribution in [0.2, 0.25) is 0 Å². The van der Waals surface area contributed by atoms with Crippen LogP contribution < -0.4 is 0 Å². The standard InChI is InChI=1S/C15H30/c1-4-7-8-9-10-11-12-14-15(6-3)13-5-2/h14H,4-13H2,1-3H3. The Morgan fingerprint density at radius 1 is 0.800 bits per heavy atom. The van der Waals surface area contributed by atoms with Crippen molar-refractivity contribution in [3.8, 4) is 0 Å². The number of unbranched alkanes of at least 4 members (excludes halogenated alkanes) is 6. The number of rotatable bonds is 10. The Kier molecular flexibility index (Phi) is 11.6. The number of hydrogen-bond acceptors (Lipinski definition) is 0. The summed E-state index contributed by atoms with van der Waals surface area (Å²) in [4.78, 5) is 0. The summed E-state index contributed by atoms with van der Waals surface area (Å²) in [6, 6.07) is 0. The van der Waals surface area contributed by atoms with E-state index in [2.05, 4.69) is 26.8 Å². The van der Waals surface area contributed by atoms with Crippen LogP contribution in [-0.4, -0.2) is 0 Å². The highest BCUT2D eigenvalue weighted by molar-refractivity contribution is 5.00. The van der Waals surface area contributed by atoms with Crippen molar-refractivity contribution in [3.63, 3.8) is 0 Å². The van der Waals surface area contributed by atoms with E-state index in [9.17, 15) is 0 Å². The lowest BCUT2D eigenvalue weighted by molar-refractivity contribution is 0.610. The molecule has 0 aromatic carbocycles. The Bertz CT molecular complexity index is 144. The van der Waals surface area contributed by atoms with E-state index >= 15 is 0 Å². The van der Waals surface area contributed by atoms with Crippen molar-refractivity contribution >= 4 is 0 Å². The number of hydrogen-bond donors (Lipinski definition) is 0. The van der Waals surface area contributed by atoms with Crippen molar-refractivity contribution in [2.24, 2.45) is 0 Å². The zero-order valence-electron chi connectivity index (χ0n) is 11.1. The van der Waals surface area contributed by atoms with Crippen molar-refractivity contribution in [2.45, 2.75) is 85.0 Å². The van der Waals surface area contributed by atoms with Crippen LogP contribution >= 0.6 is 0 Å². The quantitative estimate of drug-likeness (QED) is 0.312. The SMILES string of the molecule is CCCCCCCCC=C(CC)CCC. The highest BCUT2D eigenvalue weighted by atomic mass is 14.0. The summed E-state index contributed by atoms with van der Waals surface area (Å²) in [5.74, 6) is 0. The summed E-state index contributed by atoms with van der Waals surface area (Å²) in [6.45, 7) is 6.83. The number of allylic oxidation sites excluding steroid dienone is 2. The van der Waals surface area contributed by atoms with Gasteiger partial charge in [0.2, 0.25) is 0 Å². The minimum Gasteiger partial charge on any atom is -0.0853 e. The minimum atomic E-state index is 1.25. The van der Waals surface area contributed by atoms with Gasteiger partial charge in [0.1, 0.15) is 0 Å². The second-order valence-electron chi connectivity index (χ2n) is 4.52. The lowest BCUT2D eigenvalue weighted by Crippen LogP contribution is -1.82. The summed E-state index contributed by atoms with van der Waals surface area (Å²) < 4.78 is 0. The van der Waals surface area contributed by atoms with Crippen LogP contribution in [0.5, 0.6) is 0 Å². The molecule has 0 nitrogen and oxygen atoms in total. The van der Waals surface area contributed by atoms with Gasteiger partial charge in [-0.2, -0.15) is 0 Å². The van der Waals surface area contributed by atoms with Crippen molar-refractivity contribution < 1.29 is 0 Å². The molecule has 0 saturated carbocycles. The van der Waals surface area contributed by atoms with Gasteiger partial charge in [0.25, 0.3) is 0 Å². The third-order valence-electron chi connectivity index (χ3n) is 3.02. The van der Waals surface area contributed by atoms with Crippen LogP contribution in [0.15, 0.2) is 11.6 Å². The molecule has 0 N–H and O–H groups in total. The fourth-order valence-electron chi connectivity index (χ4n) is 1.98. The maximum atomic E-state index is 2.49. The van der Waals surface area contributed by atoms with E-state index in [0.29, 0.717) is 0 Å². The molecule has 0 atom stereocenters. The van der Waals surface area contributed by atoms with Gasteiger partial charge in [-0.15, -0.1) is 0 Å². The summed E-state index contributed by atoms with van der Waals surface area (Å²) in [7, 11) is 0. The smallest absolute Gasteiger partial charge is 0.0323 e. The molecule has 0 aliphatic carbocycles. The van der Waals surface area contributed by atoms with Gasteiger partial charge in [-0.3, -0.25) is 0 Å². The molecule has 0 rings (SSSR count). The van der Waals surface area contributed by atoms with Gasteiger partial charge in [-0.25, -0.2) is 0 Å². The molecular weight excluding hydrogens is 180 g/mol. The fourth-order valence-corrected chi connectivity index (χ4v) is 1.98. The van der Waals surface area contributed by atoms with Crippen molar-refractivity contribution in [1.29, 1.82) is 0 Å². The lowest BCUT2D eigenvalue weighted by atomic mass is 10.0. The van der Waals surface area contributed by atoms with Gasteiger partial charge in [-0.1, -0.05) is 70.9 Å². The van der Waals surface area contributed by atoms with Gasteiger partial charge in [0, 0.05) is 0 Å². The van der Waals surface area contributed by atoms with Gasteiger partial charge < -0.3 is 0 Å². The van der Waals surface area contributed by atoms with E-state index in [-0.39, 0.29) is 0 Å². The van der Waals surface area contributed by atoms with E-state index in [0.717, 1.165) is 0 Å². The third-order valence-corrected chi connectivity index (χ3v) is 3.02. The van der Waals surface area contributed by atoms with Crippen LogP contribution in [0.25, 0.3) is 0 Å². The highest BCUT2D eigenvalue weighted by Gasteiger charge is 1.92. The van der Waals surface area contributed by atoms with E-state index in [1.165, 1.54) is 64.2 Å². The summed E-state index contributed by atoms with van der Waals surface area (Å²) in [5, 5.41) is 0. The zero-order chi connectivity index (χ0) is 11.4. The molecule has 15 heavy (non-hydrogen) atoms. The zero-order valence-corrected chi connectivity index (χ0v) is 11.1. The molecule has 0 aliphatic rings. The normalized spacial score (nSPS) is 12.1. The predicted molar refractivity (Wildman–Crippen MR) is 71.3 cm³/mol. The molecule has 0 unspecified atom stereocenters. The second kappa shape index (κ2) is 11.8. The molecule has 0 fully saturated rings. The largest absolute Gasteiger partial charge is 0.0853 e. The summed E-state index contributed by atoms with van der Waals surface area (Å²) in [6.07, 6.45) is 16.2. The maximum Gasteiger partial charge on any atom is -0.0323 e. The van der Waals surface area contributed by atoms with E-state index < -0.39 is 0 Å². The first-order chi connectivity index (χ1) is 7.35. The Morgan fingerprint density at radius 3 is 2.07 bits per heavy atom. The Balaban J connectivity index is 3.33. The molecule has 0 radical (unpaired) electrons. The van der Waals surface area contributed by atoms with Crippen LogP contribution in [0.3, 0.4) is 0 Å². The van der Waals surface area contributed by atoms with Crippen LogP contribution in [0, 0.1) is 0 Å². The molecule has 0 bridgehead atoms. The van der Waals surface area contributed by atoms with Crippen molar-refractivity contribution in [2.75, 3.05) is 0 Å². The molecular formula is C15H30. The molecule has 0 aromatic rings. The summed E-state index contributed by atoms with van der Waals surface area (Å²) >= 11 is 0. The third kappa shape index (κ3) is 10.0. The Morgan fingerprint density at radius 2 is 1.47 bits per heavy atom. The topological polar surface area (TPSA) is 0 Å². The average molecular weight is 210 g/mol. The lowest BCUT2D eigenvalue weighted by Gasteiger charge is -2.02. The Hall–Kier alpha value is -0.260. The maximum absolute atomic E-state index is 2.49. The predicted octanol–water partition coefficient (Wildman–Crippen LogP) is 5.87. The van der Waals surface area contributed by atoms with E-state index in [1.54, 1.807) is 5.57 Å². The van der Waals surface area contributed by atoms with Crippen molar-refractivity contribution in [1.82, 2.24) is 0 Å². The average Bonchev–Trinajstić information content (AvgIpc) is 2.26. The second-order valence-corrected chi connectivity index (χ2v) is 4.52. The molecule has 0 aliphatic heterocycles. The molecule has 0 aromatic heterocycles. The van der Waals surface area contributed by atoms with Gasteiger partial charge in [-0.05, 0) is 25.7 Å². The summed E-state index contributed by atoms with van der Waals surface area (Å²) in [5.41, 5.74) is 1.67. The molecule has 0 amide bonds. The Labute approximate surface area is 97.2 Å². The van der Waals surface area contributed by atoms with E-state index in [1.807, 2.05) is 0 Å². The minimum absolute atomic E-state index is 1.25. The van der Waals surface area contributed by atoms with Crippen molar-refractivity contribution in [3.05, 3.63) is 11.6 Å². The van der Waals surface area contributed by atoms with Crippen LogP contribution in [0.1, 0.15) is 85.0 Å². The van der Waals surface area contributed by atoms with Gasteiger partial charge in [0.15, 0.2) is 0 Å².